The molecule has 0 spiro atoms. The Balaban J connectivity index is 0.00000112. The normalized spacial score (nSPS) is 23.3. The van der Waals surface area contributed by atoms with Crippen molar-refractivity contribution in [3.8, 4) is 0 Å². The highest BCUT2D eigenvalue weighted by Crippen LogP contribution is 2.26. The van der Waals surface area contributed by atoms with Gasteiger partial charge < -0.3 is 15.0 Å². The van der Waals surface area contributed by atoms with E-state index in [1.54, 1.807) is 6.33 Å². The highest BCUT2D eigenvalue weighted by molar-refractivity contribution is 5.85. The van der Waals surface area contributed by atoms with Crippen LogP contribution in [0.3, 0.4) is 0 Å². The average Bonchev–Trinajstić information content (AvgIpc) is 2.70. The van der Waals surface area contributed by atoms with Gasteiger partial charge >= 0.3 is 5.97 Å². The molecule has 1 aliphatic heterocycles. The number of imidazole rings is 1. The van der Waals surface area contributed by atoms with Crippen LogP contribution in [0.2, 0.25) is 0 Å². The SMILES string of the molecule is Cl.Cl.Cn1cnc([C@@H]2CNC[C@H]2C(=O)O)c1. The maximum absolute atomic E-state index is 10.9. The van der Waals surface area contributed by atoms with Crippen LogP contribution < -0.4 is 5.32 Å². The van der Waals surface area contributed by atoms with Crippen LogP contribution in [-0.4, -0.2) is 33.7 Å². The number of aromatic nitrogens is 2. The Hall–Kier alpha value is -0.780. The first-order valence-electron chi connectivity index (χ1n) is 4.60. The molecule has 7 heteroatoms. The van der Waals surface area contributed by atoms with Crippen molar-refractivity contribution in [1.82, 2.24) is 14.9 Å². The number of carboxylic acids is 1. The highest BCUT2D eigenvalue weighted by atomic mass is 35.5. The van der Waals surface area contributed by atoms with Crippen molar-refractivity contribution in [3.05, 3.63) is 18.2 Å². The lowest BCUT2D eigenvalue weighted by molar-refractivity contribution is -0.141. The molecule has 1 aliphatic rings. The summed E-state index contributed by atoms with van der Waals surface area (Å²) in [5.74, 6) is -1.08. The first-order chi connectivity index (χ1) is 6.68. The Kier molecular flexibility index (Phi) is 5.78. The van der Waals surface area contributed by atoms with E-state index in [2.05, 4.69) is 10.3 Å². The molecule has 0 aromatic carbocycles. The number of aliphatic carboxylic acids is 1. The Morgan fingerprint density at radius 2 is 2.25 bits per heavy atom. The summed E-state index contributed by atoms with van der Waals surface area (Å²) >= 11 is 0. The number of rotatable bonds is 2. The van der Waals surface area contributed by atoms with Crippen LogP contribution in [0.1, 0.15) is 11.6 Å². The van der Waals surface area contributed by atoms with Gasteiger partial charge in [0.2, 0.25) is 0 Å². The second kappa shape index (κ2) is 6.08. The number of carbonyl (C=O) groups is 1. The van der Waals surface area contributed by atoms with Crippen LogP contribution in [0.15, 0.2) is 12.5 Å². The molecule has 0 aliphatic carbocycles. The Morgan fingerprint density at radius 3 is 2.75 bits per heavy atom. The number of nitrogens with one attached hydrogen (secondary N) is 1. The van der Waals surface area contributed by atoms with Gasteiger partial charge in [-0.25, -0.2) is 4.98 Å². The fourth-order valence-electron chi connectivity index (χ4n) is 1.87. The topological polar surface area (TPSA) is 67.2 Å². The van der Waals surface area contributed by atoms with Gasteiger partial charge in [-0.1, -0.05) is 0 Å². The molecule has 0 saturated carbocycles. The Bertz CT molecular complexity index is 356. The van der Waals surface area contributed by atoms with Crippen molar-refractivity contribution in [2.75, 3.05) is 13.1 Å². The summed E-state index contributed by atoms with van der Waals surface area (Å²) in [5.41, 5.74) is 0.866. The van der Waals surface area contributed by atoms with Crippen molar-refractivity contribution in [2.24, 2.45) is 13.0 Å². The molecule has 92 valence electrons. The van der Waals surface area contributed by atoms with Crippen LogP contribution in [0.25, 0.3) is 0 Å². The Labute approximate surface area is 106 Å². The smallest absolute Gasteiger partial charge is 0.308 e. The summed E-state index contributed by atoms with van der Waals surface area (Å²) in [6.45, 7) is 1.24. The predicted molar refractivity (Wildman–Crippen MR) is 64.4 cm³/mol. The molecular weight excluding hydrogens is 253 g/mol. The zero-order valence-corrected chi connectivity index (χ0v) is 10.4. The van der Waals surface area contributed by atoms with Gasteiger partial charge in [-0.05, 0) is 0 Å². The van der Waals surface area contributed by atoms with Gasteiger partial charge in [0.05, 0.1) is 17.9 Å². The fourth-order valence-corrected chi connectivity index (χ4v) is 1.87. The monoisotopic (exact) mass is 267 g/mol. The average molecular weight is 268 g/mol. The largest absolute Gasteiger partial charge is 0.481 e. The van der Waals surface area contributed by atoms with E-state index < -0.39 is 5.97 Å². The zero-order chi connectivity index (χ0) is 10.1. The molecule has 0 radical (unpaired) electrons. The molecule has 2 rings (SSSR count). The van der Waals surface area contributed by atoms with E-state index >= 15 is 0 Å². The number of aryl methyl sites for hydroxylation is 1. The van der Waals surface area contributed by atoms with Gasteiger partial charge in [-0.3, -0.25) is 4.79 Å². The summed E-state index contributed by atoms with van der Waals surface area (Å²) in [6, 6.07) is 0. The van der Waals surface area contributed by atoms with Crippen LogP contribution in [0.5, 0.6) is 0 Å². The van der Waals surface area contributed by atoms with Crippen LogP contribution in [-0.2, 0) is 11.8 Å². The molecule has 1 aromatic rings. The minimum Gasteiger partial charge on any atom is -0.481 e. The van der Waals surface area contributed by atoms with Crippen LogP contribution in [0, 0.1) is 5.92 Å². The number of hydrogen-bond donors (Lipinski definition) is 2. The number of nitrogens with zero attached hydrogens (tertiary/aromatic N) is 2. The summed E-state index contributed by atoms with van der Waals surface area (Å²) in [6.07, 6.45) is 3.58. The molecule has 0 bridgehead atoms. The van der Waals surface area contributed by atoms with E-state index in [9.17, 15) is 4.79 Å². The van der Waals surface area contributed by atoms with E-state index in [4.69, 9.17) is 5.11 Å². The van der Waals surface area contributed by atoms with Crippen molar-refractivity contribution < 1.29 is 9.90 Å². The molecule has 1 aromatic heterocycles. The zero-order valence-electron chi connectivity index (χ0n) is 8.79. The predicted octanol–water partition coefficient (Wildman–Crippen LogP) is 0.651. The summed E-state index contributed by atoms with van der Waals surface area (Å²) in [4.78, 5) is 15.1. The summed E-state index contributed by atoms with van der Waals surface area (Å²) in [5, 5.41) is 12.1. The third-order valence-electron chi connectivity index (χ3n) is 2.64. The van der Waals surface area contributed by atoms with Crippen LogP contribution >= 0.6 is 24.8 Å². The molecule has 2 heterocycles. The van der Waals surface area contributed by atoms with Gasteiger partial charge in [-0.2, -0.15) is 0 Å². The first kappa shape index (κ1) is 15.2. The third kappa shape index (κ3) is 2.87. The fraction of sp³-hybridized carbons (Fsp3) is 0.556. The molecule has 5 nitrogen and oxygen atoms in total. The van der Waals surface area contributed by atoms with E-state index in [-0.39, 0.29) is 36.6 Å². The van der Waals surface area contributed by atoms with Crippen molar-refractivity contribution in [2.45, 2.75) is 5.92 Å². The number of hydrogen-bond acceptors (Lipinski definition) is 3. The second-order valence-corrected chi connectivity index (χ2v) is 3.67. The maximum Gasteiger partial charge on any atom is 0.308 e. The summed E-state index contributed by atoms with van der Waals surface area (Å²) in [7, 11) is 1.88. The molecule has 0 unspecified atom stereocenters. The van der Waals surface area contributed by atoms with E-state index in [0.717, 1.165) is 5.69 Å². The first-order valence-corrected chi connectivity index (χ1v) is 4.60. The van der Waals surface area contributed by atoms with E-state index in [1.165, 1.54) is 0 Å². The molecule has 2 N–H and O–H groups in total. The van der Waals surface area contributed by atoms with Crippen molar-refractivity contribution in [3.63, 3.8) is 0 Å². The molecule has 0 amide bonds. The molecule has 2 atom stereocenters. The summed E-state index contributed by atoms with van der Waals surface area (Å²) < 4.78 is 1.84. The molecular formula is C9H15Cl2N3O2. The van der Waals surface area contributed by atoms with E-state index in [0.29, 0.717) is 13.1 Å². The quantitative estimate of drug-likeness (QED) is 0.826. The lowest BCUT2D eigenvalue weighted by Gasteiger charge is -2.11. The molecule has 1 fully saturated rings. The minimum atomic E-state index is -0.745. The van der Waals surface area contributed by atoms with Crippen LogP contribution in [0.4, 0.5) is 0 Å². The lowest BCUT2D eigenvalue weighted by atomic mass is 9.94. The van der Waals surface area contributed by atoms with Gasteiger partial charge in [0.25, 0.3) is 0 Å². The second-order valence-electron chi connectivity index (χ2n) is 3.67. The Morgan fingerprint density at radius 1 is 1.56 bits per heavy atom. The van der Waals surface area contributed by atoms with Crippen molar-refractivity contribution >= 4 is 30.8 Å². The third-order valence-corrected chi connectivity index (χ3v) is 2.64. The molecule has 1 saturated heterocycles. The highest BCUT2D eigenvalue weighted by Gasteiger charge is 2.35. The minimum absolute atomic E-state index is 0. The van der Waals surface area contributed by atoms with Gasteiger partial charge in [0, 0.05) is 32.3 Å². The van der Waals surface area contributed by atoms with Gasteiger partial charge in [0.15, 0.2) is 0 Å². The van der Waals surface area contributed by atoms with Gasteiger partial charge in [-0.15, -0.1) is 24.8 Å². The van der Waals surface area contributed by atoms with E-state index in [1.807, 2.05) is 17.8 Å². The molecule has 16 heavy (non-hydrogen) atoms. The lowest BCUT2D eigenvalue weighted by Crippen LogP contribution is -2.21. The number of carboxylic acid groups (broad SMARTS) is 1. The maximum atomic E-state index is 10.9. The standard InChI is InChI=1S/C9H13N3O2.2ClH/c1-12-4-8(11-5-12)6-2-10-3-7(6)9(13)14;;/h4-7,10H,2-3H2,1H3,(H,13,14);2*1H/t6-,7-;;/m1../s1. The number of halogens is 2. The van der Waals surface area contributed by atoms with Gasteiger partial charge in [0.1, 0.15) is 0 Å². The van der Waals surface area contributed by atoms with Crippen molar-refractivity contribution in [1.29, 1.82) is 0 Å².